The molecule has 2 aromatic rings. The maximum Gasteiger partial charge on any atom is 0.184 e. The summed E-state index contributed by atoms with van der Waals surface area (Å²) in [6, 6.07) is 18.0. The molecule has 4 rings (SSSR count). The summed E-state index contributed by atoms with van der Waals surface area (Å²) >= 11 is 0. The molecule has 0 aliphatic carbocycles. The number of aryl methyl sites for hydroxylation is 1. The lowest BCUT2D eigenvalue weighted by Gasteiger charge is -2.32. The van der Waals surface area contributed by atoms with Crippen LogP contribution in [0, 0.1) is 18.3 Å². The molecule has 1 unspecified atom stereocenters. The van der Waals surface area contributed by atoms with Crippen molar-refractivity contribution in [1.29, 1.82) is 5.26 Å². The molecule has 2 aliphatic heterocycles. The molecule has 0 aromatic heterocycles. The van der Waals surface area contributed by atoms with E-state index in [4.69, 9.17) is 15.2 Å². The number of hydrogen-bond donors (Lipinski definition) is 1. The maximum atomic E-state index is 9.60. The topological polar surface area (TPSA) is 68.3 Å². The molecule has 24 heavy (non-hydrogen) atoms. The predicted octanol–water partition coefficient (Wildman–Crippen LogP) is 3.39. The fourth-order valence-electron chi connectivity index (χ4n) is 3.14. The van der Waals surface area contributed by atoms with Gasteiger partial charge in [0.1, 0.15) is 24.2 Å². The number of hydrogen-bond acceptors (Lipinski definition) is 4. The molecule has 2 N–H and O–H groups in total. The summed E-state index contributed by atoms with van der Waals surface area (Å²) in [6.07, 6.45) is -0.781. The average Bonchev–Trinajstić information content (AvgIpc) is 2.61. The van der Waals surface area contributed by atoms with Crippen molar-refractivity contribution in [1.82, 2.24) is 0 Å². The van der Waals surface area contributed by atoms with E-state index >= 15 is 0 Å². The van der Waals surface area contributed by atoms with Crippen molar-refractivity contribution >= 4 is 11.3 Å². The van der Waals surface area contributed by atoms with Crippen LogP contribution in [0.4, 0.5) is 0 Å². The Labute approximate surface area is 140 Å². The maximum absolute atomic E-state index is 9.60. The van der Waals surface area contributed by atoms with Crippen LogP contribution < -0.4 is 10.5 Å². The lowest BCUT2D eigenvalue weighted by Crippen LogP contribution is -2.32. The van der Waals surface area contributed by atoms with Gasteiger partial charge in [0.15, 0.2) is 6.23 Å². The highest BCUT2D eigenvalue weighted by Crippen LogP contribution is 2.44. The molecule has 1 atom stereocenters. The molecule has 2 aliphatic rings. The van der Waals surface area contributed by atoms with Crippen LogP contribution in [0.5, 0.6) is 5.75 Å². The first-order valence-corrected chi connectivity index (χ1v) is 7.78. The first kappa shape index (κ1) is 14.6. The van der Waals surface area contributed by atoms with E-state index in [-0.39, 0.29) is 0 Å². The standard InChI is InChI=1S/C20H16N2O2/c1-12-6-8-13(9-7-12)18-15(10-21)20(22)24-19-14-4-2-3-5-17(14)23-11-16(18)19/h2-9,20H,11,22H2,1H3. The highest BCUT2D eigenvalue weighted by molar-refractivity contribution is 5.94. The van der Waals surface area contributed by atoms with Crippen molar-refractivity contribution in [2.45, 2.75) is 13.2 Å². The Hall–Kier alpha value is -3.03. The molecule has 0 spiro atoms. The fourth-order valence-corrected chi connectivity index (χ4v) is 3.14. The summed E-state index contributed by atoms with van der Waals surface area (Å²) in [5, 5.41) is 9.60. The average molecular weight is 316 g/mol. The number of para-hydroxylation sites is 1. The third kappa shape index (κ3) is 2.18. The first-order chi connectivity index (χ1) is 11.7. The van der Waals surface area contributed by atoms with Gasteiger partial charge in [-0.2, -0.15) is 5.26 Å². The summed E-state index contributed by atoms with van der Waals surface area (Å²) in [4.78, 5) is 0. The number of ether oxygens (including phenoxy) is 2. The molecule has 0 amide bonds. The van der Waals surface area contributed by atoms with Crippen LogP contribution in [-0.4, -0.2) is 12.8 Å². The van der Waals surface area contributed by atoms with Crippen LogP contribution >= 0.6 is 0 Å². The molecule has 0 fully saturated rings. The van der Waals surface area contributed by atoms with E-state index in [1.807, 2.05) is 55.5 Å². The Morgan fingerprint density at radius 3 is 2.62 bits per heavy atom. The molecule has 0 radical (unpaired) electrons. The number of nitrogens with two attached hydrogens (primary N) is 1. The fraction of sp³-hybridized carbons (Fsp3) is 0.150. The number of benzene rings is 2. The number of fused-ring (bicyclic) bond motifs is 2. The molecule has 0 bridgehead atoms. The molecule has 0 saturated carbocycles. The van der Waals surface area contributed by atoms with Crippen molar-refractivity contribution in [2.24, 2.45) is 5.73 Å². The smallest absolute Gasteiger partial charge is 0.184 e. The van der Waals surface area contributed by atoms with Crippen LogP contribution in [-0.2, 0) is 4.74 Å². The first-order valence-electron chi connectivity index (χ1n) is 7.78. The Kier molecular flexibility index (Phi) is 3.37. The van der Waals surface area contributed by atoms with Gasteiger partial charge in [-0.3, -0.25) is 5.73 Å². The van der Waals surface area contributed by atoms with Crippen LogP contribution in [0.3, 0.4) is 0 Å². The largest absolute Gasteiger partial charge is 0.488 e. The molecule has 2 aromatic carbocycles. The van der Waals surface area contributed by atoms with Gasteiger partial charge < -0.3 is 9.47 Å². The van der Waals surface area contributed by atoms with E-state index in [0.29, 0.717) is 17.9 Å². The van der Waals surface area contributed by atoms with E-state index in [1.54, 1.807) is 0 Å². The molecule has 118 valence electrons. The minimum absolute atomic E-state index is 0.355. The lowest BCUT2D eigenvalue weighted by molar-refractivity contribution is 0.197. The molecular weight excluding hydrogens is 300 g/mol. The zero-order chi connectivity index (χ0) is 16.7. The van der Waals surface area contributed by atoms with Gasteiger partial charge in [0, 0.05) is 11.1 Å². The second-order valence-corrected chi connectivity index (χ2v) is 5.90. The summed E-state index contributed by atoms with van der Waals surface area (Å²) < 4.78 is 11.8. The summed E-state index contributed by atoms with van der Waals surface area (Å²) in [6.45, 7) is 2.39. The Morgan fingerprint density at radius 1 is 1.12 bits per heavy atom. The predicted molar refractivity (Wildman–Crippen MR) is 91.6 cm³/mol. The Balaban J connectivity index is 1.96. The van der Waals surface area contributed by atoms with Crippen LogP contribution in [0.25, 0.3) is 11.3 Å². The van der Waals surface area contributed by atoms with Crippen LogP contribution in [0.1, 0.15) is 16.7 Å². The van der Waals surface area contributed by atoms with E-state index in [2.05, 4.69) is 6.07 Å². The van der Waals surface area contributed by atoms with Crippen molar-refractivity contribution in [3.05, 3.63) is 76.4 Å². The van der Waals surface area contributed by atoms with Crippen molar-refractivity contribution in [3.8, 4) is 11.8 Å². The Bertz CT molecular complexity index is 917. The number of rotatable bonds is 1. The van der Waals surface area contributed by atoms with Gasteiger partial charge in [0.2, 0.25) is 0 Å². The van der Waals surface area contributed by atoms with Gasteiger partial charge in [-0.05, 0) is 24.6 Å². The summed E-state index contributed by atoms with van der Waals surface area (Å²) in [7, 11) is 0. The second-order valence-electron chi connectivity index (χ2n) is 5.90. The zero-order valence-corrected chi connectivity index (χ0v) is 13.2. The van der Waals surface area contributed by atoms with E-state index in [0.717, 1.165) is 33.6 Å². The van der Waals surface area contributed by atoms with Crippen molar-refractivity contribution < 1.29 is 9.47 Å². The monoisotopic (exact) mass is 316 g/mol. The summed E-state index contributed by atoms with van der Waals surface area (Å²) in [5.41, 5.74) is 11.2. The van der Waals surface area contributed by atoms with Gasteiger partial charge in [0.25, 0.3) is 0 Å². The SMILES string of the molecule is Cc1ccc(C2=C(C#N)C(N)OC3=C2COc2ccccc23)cc1. The zero-order valence-electron chi connectivity index (χ0n) is 13.2. The molecule has 4 heteroatoms. The summed E-state index contributed by atoms with van der Waals surface area (Å²) in [5.74, 6) is 1.48. The molecule has 2 heterocycles. The van der Waals surface area contributed by atoms with Crippen LogP contribution in [0.2, 0.25) is 0 Å². The van der Waals surface area contributed by atoms with Gasteiger partial charge in [0.05, 0.1) is 11.1 Å². The highest BCUT2D eigenvalue weighted by Gasteiger charge is 2.34. The number of nitrogens with zero attached hydrogens (tertiary/aromatic N) is 1. The molecular formula is C20H16N2O2. The van der Waals surface area contributed by atoms with Crippen molar-refractivity contribution in [3.63, 3.8) is 0 Å². The lowest BCUT2D eigenvalue weighted by atomic mass is 9.87. The third-order valence-electron chi connectivity index (χ3n) is 4.34. The van der Waals surface area contributed by atoms with E-state index in [9.17, 15) is 5.26 Å². The van der Waals surface area contributed by atoms with Crippen LogP contribution in [0.15, 0.2) is 59.7 Å². The van der Waals surface area contributed by atoms with E-state index in [1.165, 1.54) is 0 Å². The quantitative estimate of drug-likeness (QED) is 0.875. The minimum atomic E-state index is -0.781. The second kappa shape index (κ2) is 5.55. The van der Waals surface area contributed by atoms with E-state index < -0.39 is 6.23 Å². The van der Waals surface area contributed by atoms with Gasteiger partial charge in [-0.25, -0.2) is 0 Å². The van der Waals surface area contributed by atoms with Gasteiger partial charge in [-0.15, -0.1) is 0 Å². The normalized spacial score (nSPS) is 19.0. The molecule has 0 saturated heterocycles. The third-order valence-corrected chi connectivity index (χ3v) is 4.34. The van der Waals surface area contributed by atoms with Gasteiger partial charge >= 0.3 is 0 Å². The minimum Gasteiger partial charge on any atom is -0.488 e. The van der Waals surface area contributed by atoms with Crippen molar-refractivity contribution in [2.75, 3.05) is 6.61 Å². The molecule has 4 nitrogen and oxygen atoms in total. The number of nitriles is 1. The Morgan fingerprint density at radius 2 is 1.88 bits per heavy atom. The highest BCUT2D eigenvalue weighted by atomic mass is 16.5. The van der Waals surface area contributed by atoms with Gasteiger partial charge in [-0.1, -0.05) is 42.0 Å².